The lowest BCUT2D eigenvalue weighted by Crippen LogP contribution is -2.29. The van der Waals surface area contributed by atoms with Gasteiger partial charge in [0.25, 0.3) is 0 Å². The van der Waals surface area contributed by atoms with E-state index in [1.807, 2.05) is 0 Å². The van der Waals surface area contributed by atoms with Gasteiger partial charge in [-0.3, -0.25) is 4.79 Å². The van der Waals surface area contributed by atoms with Gasteiger partial charge < -0.3 is 9.84 Å². The molecule has 12 heavy (non-hydrogen) atoms. The third kappa shape index (κ3) is 2.54. The Hall–Kier alpha value is -1.03. The van der Waals surface area contributed by atoms with Crippen molar-refractivity contribution < 1.29 is 9.32 Å². The summed E-state index contributed by atoms with van der Waals surface area (Å²) in [6.45, 7) is 1.96. The van der Waals surface area contributed by atoms with Crippen LogP contribution < -0.4 is 5.32 Å². The molecule has 1 unspecified atom stereocenters. The molecular formula is C7H9ClN2O2. The average Bonchev–Trinajstić information content (AvgIpc) is 2.51. The molecule has 1 aromatic heterocycles. The lowest BCUT2D eigenvalue weighted by Gasteiger charge is -2.02. The lowest BCUT2D eigenvalue weighted by molar-refractivity contribution is -0.120. The topological polar surface area (TPSA) is 55.1 Å². The van der Waals surface area contributed by atoms with Crippen LogP contribution in [-0.2, 0) is 11.3 Å². The summed E-state index contributed by atoms with van der Waals surface area (Å²) in [6, 6.07) is 1.68. The van der Waals surface area contributed by atoms with Gasteiger partial charge in [0.15, 0.2) is 0 Å². The van der Waals surface area contributed by atoms with E-state index in [9.17, 15) is 4.79 Å². The highest BCUT2D eigenvalue weighted by molar-refractivity contribution is 6.30. The molecule has 1 atom stereocenters. The molecule has 0 radical (unpaired) electrons. The highest BCUT2D eigenvalue weighted by Crippen LogP contribution is 1.96. The lowest BCUT2D eigenvalue weighted by atomic mass is 10.4. The molecular weight excluding hydrogens is 180 g/mol. The first-order chi connectivity index (χ1) is 5.70. The van der Waals surface area contributed by atoms with Crippen molar-refractivity contribution in [2.45, 2.75) is 18.8 Å². The van der Waals surface area contributed by atoms with E-state index in [1.54, 1.807) is 13.0 Å². The number of nitrogens with zero attached hydrogens (tertiary/aromatic N) is 1. The summed E-state index contributed by atoms with van der Waals surface area (Å²) in [5, 5.41) is 5.69. The molecule has 1 N–H and O–H groups in total. The van der Waals surface area contributed by atoms with Gasteiger partial charge in [0.1, 0.15) is 17.3 Å². The number of amides is 1. The van der Waals surface area contributed by atoms with E-state index in [1.165, 1.54) is 6.26 Å². The summed E-state index contributed by atoms with van der Waals surface area (Å²) in [5.74, 6) is -0.209. The molecule has 5 heteroatoms. The molecule has 0 saturated heterocycles. The molecule has 1 amide bonds. The molecule has 4 nitrogen and oxygen atoms in total. The SMILES string of the molecule is CC(Cl)C(=O)NCc1ccon1. The number of carbonyl (C=O) groups excluding carboxylic acids is 1. The van der Waals surface area contributed by atoms with Crippen molar-refractivity contribution in [3.8, 4) is 0 Å². The van der Waals surface area contributed by atoms with E-state index < -0.39 is 5.38 Å². The Morgan fingerprint density at radius 3 is 3.17 bits per heavy atom. The predicted molar refractivity (Wildman–Crippen MR) is 43.7 cm³/mol. The fourth-order valence-corrected chi connectivity index (χ4v) is 0.724. The van der Waals surface area contributed by atoms with Crippen LogP contribution in [0.15, 0.2) is 16.9 Å². The van der Waals surface area contributed by atoms with Gasteiger partial charge in [-0.15, -0.1) is 11.6 Å². The van der Waals surface area contributed by atoms with Crippen molar-refractivity contribution in [1.29, 1.82) is 0 Å². The second-order valence-corrected chi connectivity index (χ2v) is 2.98. The Kier molecular flexibility index (Phi) is 3.10. The maximum absolute atomic E-state index is 10.9. The van der Waals surface area contributed by atoms with Gasteiger partial charge >= 0.3 is 0 Å². The highest BCUT2D eigenvalue weighted by Gasteiger charge is 2.08. The van der Waals surface area contributed by atoms with Crippen molar-refractivity contribution >= 4 is 17.5 Å². The fourth-order valence-electron chi connectivity index (χ4n) is 0.647. The van der Waals surface area contributed by atoms with Crippen molar-refractivity contribution in [3.63, 3.8) is 0 Å². The van der Waals surface area contributed by atoms with E-state index in [2.05, 4.69) is 15.0 Å². The maximum atomic E-state index is 10.9. The summed E-state index contributed by atoms with van der Waals surface area (Å²) in [6.07, 6.45) is 1.45. The van der Waals surface area contributed by atoms with Gasteiger partial charge in [-0.2, -0.15) is 0 Å². The Labute approximate surface area is 74.9 Å². The Morgan fingerprint density at radius 1 is 1.92 bits per heavy atom. The number of aromatic nitrogens is 1. The van der Waals surface area contributed by atoms with E-state index in [-0.39, 0.29) is 5.91 Å². The summed E-state index contributed by atoms with van der Waals surface area (Å²) >= 11 is 5.51. The largest absolute Gasteiger partial charge is 0.364 e. The maximum Gasteiger partial charge on any atom is 0.238 e. The number of nitrogens with one attached hydrogen (secondary N) is 1. The number of halogens is 1. The number of rotatable bonds is 3. The minimum absolute atomic E-state index is 0.209. The van der Waals surface area contributed by atoms with E-state index >= 15 is 0 Å². The van der Waals surface area contributed by atoms with E-state index in [0.29, 0.717) is 12.2 Å². The summed E-state index contributed by atoms with van der Waals surface area (Å²) in [5.41, 5.74) is 0.681. The second-order valence-electron chi connectivity index (χ2n) is 2.32. The Balaban J connectivity index is 2.32. The molecule has 0 aliphatic carbocycles. The molecule has 0 aromatic carbocycles. The van der Waals surface area contributed by atoms with Gasteiger partial charge in [-0.25, -0.2) is 0 Å². The van der Waals surface area contributed by atoms with Crippen LogP contribution in [-0.4, -0.2) is 16.4 Å². The zero-order valence-corrected chi connectivity index (χ0v) is 7.34. The van der Waals surface area contributed by atoms with Gasteiger partial charge in [0, 0.05) is 6.07 Å². The zero-order chi connectivity index (χ0) is 8.97. The molecule has 1 rings (SSSR count). The van der Waals surface area contributed by atoms with E-state index in [4.69, 9.17) is 11.6 Å². The molecule has 0 fully saturated rings. The molecule has 0 bridgehead atoms. The Bertz CT molecular complexity index is 246. The van der Waals surface area contributed by atoms with Crippen LogP contribution >= 0.6 is 11.6 Å². The number of carbonyl (C=O) groups is 1. The van der Waals surface area contributed by atoms with Crippen LogP contribution in [0.2, 0.25) is 0 Å². The second kappa shape index (κ2) is 4.11. The molecule has 0 aliphatic rings. The molecule has 1 aromatic rings. The average molecular weight is 189 g/mol. The van der Waals surface area contributed by atoms with Gasteiger partial charge in [0.2, 0.25) is 5.91 Å². The standard InChI is InChI=1S/C7H9ClN2O2/c1-5(8)7(11)9-4-6-2-3-12-10-6/h2-3,5H,4H2,1H3,(H,9,11). The van der Waals surface area contributed by atoms with Crippen LogP contribution in [0.1, 0.15) is 12.6 Å². The summed E-state index contributed by atoms with van der Waals surface area (Å²) < 4.78 is 4.57. The smallest absolute Gasteiger partial charge is 0.238 e. The number of hydrogen-bond acceptors (Lipinski definition) is 3. The monoisotopic (exact) mass is 188 g/mol. The van der Waals surface area contributed by atoms with Gasteiger partial charge in [-0.1, -0.05) is 5.16 Å². The van der Waals surface area contributed by atoms with Crippen LogP contribution in [0.4, 0.5) is 0 Å². The van der Waals surface area contributed by atoms with Gasteiger partial charge in [-0.05, 0) is 6.92 Å². The summed E-state index contributed by atoms with van der Waals surface area (Å²) in [4.78, 5) is 10.9. The minimum Gasteiger partial charge on any atom is -0.364 e. The molecule has 1 heterocycles. The molecule has 0 spiro atoms. The first-order valence-corrected chi connectivity index (χ1v) is 3.95. The van der Waals surface area contributed by atoms with E-state index in [0.717, 1.165) is 0 Å². The van der Waals surface area contributed by atoms with Crippen molar-refractivity contribution in [2.75, 3.05) is 0 Å². The first-order valence-electron chi connectivity index (χ1n) is 3.51. The molecule has 66 valence electrons. The van der Waals surface area contributed by atoms with Gasteiger partial charge in [0.05, 0.1) is 6.54 Å². The fraction of sp³-hybridized carbons (Fsp3) is 0.429. The molecule has 0 saturated carbocycles. The highest BCUT2D eigenvalue weighted by atomic mass is 35.5. The zero-order valence-electron chi connectivity index (χ0n) is 6.58. The third-order valence-electron chi connectivity index (χ3n) is 1.30. The minimum atomic E-state index is -0.517. The van der Waals surface area contributed by atoms with Crippen LogP contribution in [0.3, 0.4) is 0 Å². The summed E-state index contributed by atoms with van der Waals surface area (Å²) in [7, 11) is 0. The number of hydrogen-bond donors (Lipinski definition) is 1. The third-order valence-corrected chi connectivity index (χ3v) is 1.49. The predicted octanol–water partition coefficient (Wildman–Crippen LogP) is 0.918. The van der Waals surface area contributed by atoms with Crippen molar-refractivity contribution in [3.05, 3.63) is 18.0 Å². The van der Waals surface area contributed by atoms with Crippen LogP contribution in [0.5, 0.6) is 0 Å². The first kappa shape index (κ1) is 9.06. The quantitative estimate of drug-likeness (QED) is 0.718. The van der Waals surface area contributed by atoms with Crippen LogP contribution in [0, 0.1) is 0 Å². The van der Waals surface area contributed by atoms with Crippen molar-refractivity contribution in [2.24, 2.45) is 0 Å². The normalized spacial score (nSPS) is 12.5. The number of alkyl halides is 1. The Morgan fingerprint density at radius 2 is 2.67 bits per heavy atom. The van der Waals surface area contributed by atoms with Crippen LogP contribution in [0.25, 0.3) is 0 Å². The van der Waals surface area contributed by atoms with Crippen molar-refractivity contribution in [1.82, 2.24) is 10.5 Å². The molecule has 0 aliphatic heterocycles.